The maximum Gasteiger partial charge on any atom is 0.490 e. The van der Waals surface area contributed by atoms with Gasteiger partial charge >= 0.3 is 12.1 Å². The Balaban J connectivity index is 0.000000540. The molecule has 1 fully saturated rings. The predicted octanol–water partition coefficient (Wildman–Crippen LogP) is 1.32. The van der Waals surface area contributed by atoms with E-state index in [1.165, 1.54) is 23.2 Å². The summed E-state index contributed by atoms with van der Waals surface area (Å²) in [6, 6.07) is 5.90. The molecule has 1 aromatic heterocycles. The summed E-state index contributed by atoms with van der Waals surface area (Å²) < 4.78 is 32.6. The number of carbonyl (C=O) groups excluding carboxylic acids is 3. The normalized spacial score (nSPS) is 18.5. The average molecular weight is 519 g/mol. The van der Waals surface area contributed by atoms with E-state index in [0.717, 1.165) is 10.2 Å². The van der Waals surface area contributed by atoms with Crippen molar-refractivity contribution in [2.24, 2.45) is 5.73 Å². The van der Waals surface area contributed by atoms with Gasteiger partial charge in [0.25, 0.3) is 0 Å². The third-order valence-electron chi connectivity index (χ3n) is 5.06. The van der Waals surface area contributed by atoms with E-state index in [1.807, 2.05) is 24.3 Å². The number of aliphatic hydroxyl groups is 1. The molecule has 10 nitrogen and oxygen atoms in total. The van der Waals surface area contributed by atoms with Crippen molar-refractivity contribution < 1.29 is 42.6 Å². The van der Waals surface area contributed by atoms with Crippen LogP contribution in [0.4, 0.5) is 13.2 Å². The summed E-state index contributed by atoms with van der Waals surface area (Å²) in [4.78, 5) is 52.2. The molecule has 5 N–H and O–H groups in total. The molecule has 2 heterocycles. The summed E-state index contributed by atoms with van der Waals surface area (Å²) in [5.74, 6) is -3.75. The number of carboxylic acid groups (broad SMARTS) is 1. The van der Waals surface area contributed by atoms with Gasteiger partial charge in [-0.3, -0.25) is 14.4 Å². The maximum absolute atomic E-state index is 13.0. The van der Waals surface area contributed by atoms with Crippen molar-refractivity contribution in [2.45, 2.75) is 50.6 Å². The first-order valence-corrected chi connectivity index (χ1v) is 11.3. The van der Waals surface area contributed by atoms with Crippen LogP contribution in [0, 0.1) is 0 Å². The number of amides is 2. The molecule has 1 aliphatic heterocycles. The zero-order valence-electron chi connectivity index (χ0n) is 18.6. The molecule has 0 bridgehead atoms. The lowest BCUT2D eigenvalue weighted by molar-refractivity contribution is -0.192. The maximum atomic E-state index is 13.0. The van der Waals surface area contributed by atoms with E-state index in [4.69, 9.17) is 15.6 Å². The molecule has 1 aliphatic rings. The Morgan fingerprint density at radius 1 is 1.29 bits per heavy atom. The highest BCUT2D eigenvalue weighted by Gasteiger charge is 2.39. The second kappa shape index (κ2) is 12.0. The monoisotopic (exact) mass is 518 g/mol. The number of ketones is 1. The molecule has 0 saturated carbocycles. The fourth-order valence-electron chi connectivity index (χ4n) is 3.40. The molecule has 35 heavy (non-hydrogen) atoms. The minimum Gasteiger partial charge on any atom is -0.475 e. The van der Waals surface area contributed by atoms with Crippen molar-refractivity contribution in [1.82, 2.24) is 15.2 Å². The smallest absolute Gasteiger partial charge is 0.475 e. The van der Waals surface area contributed by atoms with E-state index in [0.29, 0.717) is 24.4 Å². The van der Waals surface area contributed by atoms with Crippen molar-refractivity contribution in [3.05, 3.63) is 29.3 Å². The number of β-amino-alcohol motifs (C(OH)–C–C–N with tert-alkyl or cyclic N) is 1. The number of nitrogens with zero attached hydrogens (tertiary/aromatic N) is 2. The lowest BCUT2D eigenvalue weighted by atomic mass is 10.1. The highest BCUT2D eigenvalue weighted by Crippen LogP contribution is 2.24. The third-order valence-corrected chi connectivity index (χ3v) is 6.11. The summed E-state index contributed by atoms with van der Waals surface area (Å²) in [6.07, 6.45) is -4.73. The van der Waals surface area contributed by atoms with Gasteiger partial charge in [0.2, 0.25) is 17.6 Å². The van der Waals surface area contributed by atoms with Gasteiger partial charge in [-0.25, -0.2) is 9.78 Å². The van der Waals surface area contributed by atoms with Gasteiger partial charge in [0.05, 0.1) is 22.4 Å². The fraction of sp³-hybridized carbons (Fsp3) is 0.476. The number of Topliss-reactive ketones (excluding diaryl/α,β-unsaturated/α-hetero) is 1. The van der Waals surface area contributed by atoms with Gasteiger partial charge in [0.15, 0.2) is 5.01 Å². The molecule has 0 spiro atoms. The van der Waals surface area contributed by atoms with Gasteiger partial charge in [-0.2, -0.15) is 13.2 Å². The van der Waals surface area contributed by atoms with Crippen molar-refractivity contribution in [3.63, 3.8) is 0 Å². The molecule has 1 aromatic carbocycles. The van der Waals surface area contributed by atoms with Gasteiger partial charge in [0, 0.05) is 19.9 Å². The SMILES string of the molecule is CC(=O)N1C[C@H](O)C[C@H]1C(=O)NC(CCCN)C(=O)c1nc2ccccc2s1.O=C(O)C(F)(F)F. The molecule has 1 saturated heterocycles. The third kappa shape index (κ3) is 7.70. The zero-order chi connectivity index (χ0) is 26.3. The number of alkyl halides is 3. The highest BCUT2D eigenvalue weighted by molar-refractivity contribution is 7.20. The number of hydrogen-bond donors (Lipinski definition) is 4. The van der Waals surface area contributed by atoms with Crippen LogP contribution in [0.5, 0.6) is 0 Å². The Morgan fingerprint density at radius 2 is 1.91 bits per heavy atom. The predicted molar refractivity (Wildman–Crippen MR) is 120 cm³/mol. The topological polar surface area (TPSA) is 163 Å². The molecule has 14 heteroatoms. The number of thiazole rings is 1. The van der Waals surface area contributed by atoms with Crippen LogP contribution < -0.4 is 11.1 Å². The summed E-state index contributed by atoms with van der Waals surface area (Å²) in [5.41, 5.74) is 6.32. The molecule has 3 atom stereocenters. The number of rotatable bonds is 7. The highest BCUT2D eigenvalue weighted by atomic mass is 32.1. The van der Waals surface area contributed by atoms with Crippen molar-refractivity contribution in [3.8, 4) is 0 Å². The Kier molecular flexibility index (Phi) is 9.68. The Bertz CT molecular complexity index is 1040. The molecule has 2 amide bonds. The number of nitrogens with one attached hydrogen (secondary N) is 1. The minimum absolute atomic E-state index is 0.118. The van der Waals surface area contributed by atoms with E-state index < -0.39 is 36.2 Å². The number of benzene rings is 1. The number of carboxylic acids is 1. The van der Waals surface area contributed by atoms with Gasteiger partial charge < -0.3 is 26.2 Å². The van der Waals surface area contributed by atoms with E-state index in [9.17, 15) is 32.7 Å². The summed E-state index contributed by atoms with van der Waals surface area (Å²) >= 11 is 1.28. The molecular weight excluding hydrogens is 493 g/mol. The summed E-state index contributed by atoms with van der Waals surface area (Å²) in [5, 5.41) is 20.1. The lowest BCUT2D eigenvalue weighted by Crippen LogP contribution is -2.50. The zero-order valence-corrected chi connectivity index (χ0v) is 19.4. The standard InChI is InChI=1S/C19H24N4O4S.C2HF3O2/c1-11(24)23-10-12(25)9-15(23)18(27)21-14(6-4-8-20)17(26)19-22-13-5-2-3-7-16(13)28-19;3-2(4,5)1(6)7/h2-3,5,7,12,14-15,25H,4,6,8-10,20H2,1H3,(H,21,27);(H,6,7)/t12-,14?,15+;/m1./s1. The second-order valence-corrected chi connectivity index (χ2v) is 8.75. The van der Waals surface area contributed by atoms with Gasteiger partial charge in [-0.05, 0) is 31.5 Å². The molecule has 0 aliphatic carbocycles. The number of para-hydroxylation sites is 1. The number of halogens is 3. The van der Waals surface area contributed by atoms with E-state index in [1.54, 1.807) is 0 Å². The van der Waals surface area contributed by atoms with Crippen LogP contribution in [0.15, 0.2) is 24.3 Å². The van der Waals surface area contributed by atoms with Crippen LogP contribution in [0.1, 0.15) is 36.0 Å². The molecule has 192 valence electrons. The lowest BCUT2D eigenvalue weighted by Gasteiger charge is -2.24. The molecule has 3 rings (SSSR count). The van der Waals surface area contributed by atoms with Crippen LogP contribution in [0.2, 0.25) is 0 Å². The number of aliphatic carboxylic acids is 1. The van der Waals surface area contributed by atoms with Crippen LogP contribution in [0.25, 0.3) is 10.2 Å². The first-order chi connectivity index (χ1) is 16.3. The van der Waals surface area contributed by atoms with E-state index in [2.05, 4.69) is 10.3 Å². The Morgan fingerprint density at radius 3 is 2.46 bits per heavy atom. The first kappa shape index (κ1) is 28.1. The molecule has 1 unspecified atom stereocenters. The van der Waals surface area contributed by atoms with Gasteiger partial charge in [-0.15, -0.1) is 11.3 Å². The number of nitrogens with two attached hydrogens (primary N) is 1. The number of aromatic nitrogens is 1. The number of hydrogen-bond acceptors (Lipinski definition) is 8. The van der Waals surface area contributed by atoms with Crippen molar-refractivity contribution in [1.29, 1.82) is 0 Å². The van der Waals surface area contributed by atoms with E-state index in [-0.39, 0.29) is 24.7 Å². The minimum atomic E-state index is -5.08. The second-order valence-electron chi connectivity index (χ2n) is 7.72. The summed E-state index contributed by atoms with van der Waals surface area (Å²) in [7, 11) is 0. The number of aliphatic hydroxyl groups excluding tert-OH is 1. The Labute approximate surface area is 201 Å². The average Bonchev–Trinajstić information content (AvgIpc) is 3.39. The van der Waals surface area contributed by atoms with Crippen molar-refractivity contribution in [2.75, 3.05) is 13.1 Å². The van der Waals surface area contributed by atoms with Crippen LogP contribution in [-0.4, -0.2) is 81.1 Å². The van der Waals surface area contributed by atoms with Crippen molar-refractivity contribution >= 4 is 45.1 Å². The van der Waals surface area contributed by atoms with Crippen LogP contribution in [-0.2, 0) is 14.4 Å². The molecule has 2 aromatic rings. The van der Waals surface area contributed by atoms with Crippen LogP contribution >= 0.6 is 11.3 Å². The molecular formula is C21H25F3N4O6S. The van der Waals surface area contributed by atoms with E-state index >= 15 is 0 Å². The fourth-order valence-corrected chi connectivity index (χ4v) is 4.36. The summed E-state index contributed by atoms with van der Waals surface area (Å²) in [6.45, 7) is 1.87. The molecule has 0 radical (unpaired) electrons. The number of fused-ring (bicyclic) bond motifs is 1. The quantitative estimate of drug-likeness (QED) is 0.399. The van der Waals surface area contributed by atoms with Gasteiger partial charge in [0.1, 0.15) is 6.04 Å². The first-order valence-electron chi connectivity index (χ1n) is 10.5. The Hall–Kier alpha value is -3.10. The largest absolute Gasteiger partial charge is 0.490 e. The van der Waals surface area contributed by atoms with Gasteiger partial charge in [-0.1, -0.05) is 12.1 Å². The number of carbonyl (C=O) groups is 4. The van der Waals surface area contributed by atoms with Crippen LogP contribution in [0.3, 0.4) is 0 Å². The number of likely N-dealkylation sites (tertiary alicyclic amines) is 1.